The summed E-state index contributed by atoms with van der Waals surface area (Å²) in [5, 5.41) is 3.57. The standard InChI is InChI=1S/C13H15N3O4/c1-2-18-9-3-5-10(6-4-9)19-8-11-7-12(16-20-11)13(17)15-14/h3-7H,2,8,14H2,1H3,(H,15,17). The molecule has 0 aliphatic carbocycles. The average Bonchev–Trinajstić information content (AvgIpc) is 2.95. The Morgan fingerprint density at radius 1 is 1.30 bits per heavy atom. The van der Waals surface area contributed by atoms with E-state index >= 15 is 0 Å². The van der Waals surface area contributed by atoms with Gasteiger partial charge >= 0.3 is 0 Å². The minimum atomic E-state index is -0.513. The number of aromatic nitrogens is 1. The average molecular weight is 277 g/mol. The molecule has 0 saturated heterocycles. The molecular weight excluding hydrogens is 262 g/mol. The first kappa shape index (κ1) is 13.9. The summed E-state index contributed by atoms with van der Waals surface area (Å²) < 4.78 is 15.8. The lowest BCUT2D eigenvalue weighted by Crippen LogP contribution is -2.30. The molecule has 0 aliphatic heterocycles. The number of rotatable bonds is 6. The zero-order valence-corrected chi connectivity index (χ0v) is 11.0. The van der Waals surface area contributed by atoms with Crippen molar-refractivity contribution in [2.75, 3.05) is 6.61 Å². The zero-order valence-electron chi connectivity index (χ0n) is 11.0. The monoisotopic (exact) mass is 277 g/mol. The Hall–Kier alpha value is -2.54. The summed E-state index contributed by atoms with van der Waals surface area (Å²) in [4.78, 5) is 11.2. The second-order valence-electron chi connectivity index (χ2n) is 3.85. The summed E-state index contributed by atoms with van der Waals surface area (Å²) in [6.45, 7) is 2.70. The predicted octanol–water partition coefficient (Wildman–Crippen LogP) is 1.26. The largest absolute Gasteiger partial charge is 0.494 e. The van der Waals surface area contributed by atoms with E-state index in [0.717, 1.165) is 5.75 Å². The van der Waals surface area contributed by atoms with Crippen LogP contribution in [0.1, 0.15) is 23.2 Å². The van der Waals surface area contributed by atoms with Gasteiger partial charge in [-0.05, 0) is 31.2 Å². The van der Waals surface area contributed by atoms with Crippen LogP contribution >= 0.6 is 0 Å². The number of nitrogens with one attached hydrogen (secondary N) is 1. The van der Waals surface area contributed by atoms with Crippen molar-refractivity contribution < 1.29 is 18.8 Å². The maximum absolute atomic E-state index is 11.2. The van der Waals surface area contributed by atoms with Crippen LogP contribution in [-0.4, -0.2) is 17.7 Å². The van der Waals surface area contributed by atoms with Gasteiger partial charge in [0.1, 0.15) is 18.1 Å². The van der Waals surface area contributed by atoms with Crippen molar-refractivity contribution in [2.45, 2.75) is 13.5 Å². The first-order chi connectivity index (χ1) is 9.72. The van der Waals surface area contributed by atoms with Gasteiger partial charge in [0.2, 0.25) is 0 Å². The molecule has 0 radical (unpaired) electrons. The van der Waals surface area contributed by atoms with Crippen molar-refractivity contribution >= 4 is 5.91 Å². The molecule has 3 N–H and O–H groups in total. The molecule has 2 aromatic rings. The van der Waals surface area contributed by atoms with Gasteiger partial charge < -0.3 is 14.0 Å². The van der Waals surface area contributed by atoms with Crippen molar-refractivity contribution in [3.05, 3.63) is 41.8 Å². The van der Waals surface area contributed by atoms with E-state index < -0.39 is 5.91 Å². The van der Waals surface area contributed by atoms with E-state index in [-0.39, 0.29) is 12.3 Å². The van der Waals surface area contributed by atoms with Gasteiger partial charge in [-0.15, -0.1) is 0 Å². The minimum absolute atomic E-state index is 0.109. The molecule has 1 aromatic heterocycles. The number of nitrogen functional groups attached to an aromatic ring is 1. The van der Waals surface area contributed by atoms with E-state index in [0.29, 0.717) is 18.1 Å². The first-order valence-electron chi connectivity index (χ1n) is 6.05. The number of carbonyl (C=O) groups excluding carboxylic acids is 1. The molecule has 0 aliphatic rings. The summed E-state index contributed by atoms with van der Waals surface area (Å²) in [6, 6.07) is 8.67. The molecule has 0 fully saturated rings. The molecule has 1 heterocycles. The highest BCUT2D eigenvalue weighted by molar-refractivity contribution is 5.91. The van der Waals surface area contributed by atoms with Gasteiger partial charge in [-0.2, -0.15) is 0 Å². The van der Waals surface area contributed by atoms with Crippen LogP contribution in [0.2, 0.25) is 0 Å². The molecule has 106 valence electrons. The molecule has 0 unspecified atom stereocenters. The number of nitrogens with zero attached hydrogens (tertiary/aromatic N) is 1. The fraction of sp³-hybridized carbons (Fsp3) is 0.231. The fourth-order valence-corrected chi connectivity index (χ4v) is 1.52. The van der Waals surface area contributed by atoms with Crippen molar-refractivity contribution in [2.24, 2.45) is 5.84 Å². The Kier molecular flexibility index (Phi) is 4.56. The molecule has 2 rings (SSSR count). The van der Waals surface area contributed by atoms with Gasteiger partial charge in [-0.1, -0.05) is 5.16 Å². The SMILES string of the molecule is CCOc1ccc(OCc2cc(C(=O)NN)no2)cc1. The van der Waals surface area contributed by atoms with Crippen LogP contribution in [0.4, 0.5) is 0 Å². The van der Waals surface area contributed by atoms with Crippen LogP contribution in [0, 0.1) is 0 Å². The van der Waals surface area contributed by atoms with Crippen molar-refractivity contribution in [3.8, 4) is 11.5 Å². The van der Waals surface area contributed by atoms with Gasteiger partial charge in [0.15, 0.2) is 11.5 Å². The topological polar surface area (TPSA) is 99.6 Å². The maximum Gasteiger partial charge on any atom is 0.287 e. The summed E-state index contributed by atoms with van der Waals surface area (Å²) in [7, 11) is 0. The summed E-state index contributed by atoms with van der Waals surface area (Å²) >= 11 is 0. The van der Waals surface area contributed by atoms with Crippen LogP contribution in [0.5, 0.6) is 11.5 Å². The van der Waals surface area contributed by atoms with Gasteiger partial charge in [-0.3, -0.25) is 10.2 Å². The Bertz CT molecular complexity index is 565. The van der Waals surface area contributed by atoms with Crippen LogP contribution in [0.25, 0.3) is 0 Å². The molecule has 0 bridgehead atoms. The fourth-order valence-electron chi connectivity index (χ4n) is 1.52. The second-order valence-corrected chi connectivity index (χ2v) is 3.85. The minimum Gasteiger partial charge on any atom is -0.494 e. The maximum atomic E-state index is 11.2. The quantitative estimate of drug-likeness (QED) is 0.468. The number of hydrazine groups is 1. The highest BCUT2D eigenvalue weighted by Gasteiger charge is 2.11. The van der Waals surface area contributed by atoms with E-state index in [1.807, 2.05) is 24.5 Å². The van der Waals surface area contributed by atoms with E-state index in [1.54, 1.807) is 12.1 Å². The number of benzene rings is 1. The molecule has 0 saturated carbocycles. The van der Waals surface area contributed by atoms with Crippen LogP contribution in [-0.2, 0) is 6.61 Å². The summed E-state index contributed by atoms with van der Waals surface area (Å²) in [5.74, 6) is 6.35. The lowest BCUT2D eigenvalue weighted by atomic mass is 10.3. The van der Waals surface area contributed by atoms with Gasteiger partial charge in [-0.25, -0.2) is 5.84 Å². The third-order valence-electron chi connectivity index (χ3n) is 2.44. The van der Waals surface area contributed by atoms with E-state index in [1.165, 1.54) is 6.07 Å². The molecule has 0 spiro atoms. The highest BCUT2D eigenvalue weighted by Crippen LogP contribution is 2.18. The van der Waals surface area contributed by atoms with E-state index in [4.69, 9.17) is 19.8 Å². The number of amides is 1. The Balaban J connectivity index is 1.91. The Morgan fingerprint density at radius 3 is 2.55 bits per heavy atom. The normalized spacial score (nSPS) is 10.1. The lowest BCUT2D eigenvalue weighted by Gasteiger charge is -2.05. The molecule has 7 nitrogen and oxygen atoms in total. The van der Waals surface area contributed by atoms with Crippen LogP contribution < -0.4 is 20.7 Å². The van der Waals surface area contributed by atoms with Crippen LogP contribution in [0.15, 0.2) is 34.9 Å². The Morgan fingerprint density at radius 2 is 1.95 bits per heavy atom. The summed E-state index contributed by atoms with van der Waals surface area (Å²) in [6.07, 6.45) is 0. The molecule has 1 amide bonds. The molecule has 7 heteroatoms. The highest BCUT2D eigenvalue weighted by atomic mass is 16.5. The van der Waals surface area contributed by atoms with E-state index in [2.05, 4.69) is 5.16 Å². The third kappa shape index (κ3) is 3.48. The van der Waals surface area contributed by atoms with Gasteiger partial charge in [0, 0.05) is 6.07 Å². The third-order valence-corrected chi connectivity index (χ3v) is 2.44. The van der Waals surface area contributed by atoms with Crippen molar-refractivity contribution in [3.63, 3.8) is 0 Å². The smallest absolute Gasteiger partial charge is 0.287 e. The van der Waals surface area contributed by atoms with Gasteiger partial charge in [0.05, 0.1) is 6.61 Å². The first-order valence-corrected chi connectivity index (χ1v) is 6.05. The zero-order chi connectivity index (χ0) is 14.4. The Labute approximate surface area is 115 Å². The second kappa shape index (κ2) is 6.58. The number of nitrogens with two attached hydrogens (primary N) is 1. The molecule has 20 heavy (non-hydrogen) atoms. The van der Waals surface area contributed by atoms with Gasteiger partial charge in [0.25, 0.3) is 5.91 Å². The molecule has 1 aromatic carbocycles. The summed E-state index contributed by atoms with van der Waals surface area (Å²) in [5.41, 5.74) is 2.08. The lowest BCUT2D eigenvalue weighted by molar-refractivity contribution is 0.0944. The van der Waals surface area contributed by atoms with E-state index in [9.17, 15) is 4.79 Å². The molecular formula is C13H15N3O4. The van der Waals surface area contributed by atoms with Crippen molar-refractivity contribution in [1.82, 2.24) is 10.6 Å². The van der Waals surface area contributed by atoms with Crippen LogP contribution in [0.3, 0.4) is 0 Å². The van der Waals surface area contributed by atoms with Crippen molar-refractivity contribution in [1.29, 1.82) is 0 Å². The number of hydrogen-bond acceptors (Lipinski definition) is 6. The molecule has 0 atom stereocenters. The predicted molar refractivity (Wildman–Crippen MR) is 70.1 cm³/mol. The number of carbonyl (C=O) groups is 1. The number of ether oxygens (including phenoxy) is 2. The number of hydrogen-bond donors (Lipinski definition) is 2.